The molecule has 3 aliphatic rings. The molecule has 2 bridgehead atoms. The van der Waals surface area contributed by atoms with Crippen molar-refractivity contribution in [3.63, 3.8) is 0 Å². The molecule has 0 radical (unpaired) electrons. The van der Waals surface area contributed by atoms with E-state index in [0.717, 1.165) is 6.20 Å². The number of benzene rings is 1. The minimum Gasteiger partial charge on any atom is -0.444 e. The molecule has 1 aromatic carbocycles. The Balaban J connectivity index is 1.40. The van der Waals surface area contributed by atoms with E-state index >= 15 is 4.39 Å². The molecule has 3 aromatic rings. The minimum atomic E-state index is -0.922. The molecule has 3 aliphatic heterocycles. The Morgan fingerprint density at radius 1 is 1.27 bits per heavy atom. The number of aliphatic hydroxyl groups excluding tert-OH is 1. The van der Waals surface area contributed by atoms with Crippen LogP contribution >= 0.6 is 0 Å². The zero-order valence-electron chi connectivity index (χ0n) is 22.8. The molecule has 212 valence electrons. The molecule has 5 atom stereocenters. The van der Waals surface area contributed by atoms with Gasteiger partial charge in [0.1, 0.15) is 17.9 Å². The highest BCUT2D eigenvalue weighted by Gasteiger charge is 2.43. The number of pyridine rings is 1. The number of fused-ring (bicyclic) bond motifs is 3. The van der Waals surface area contributed by atoms with E-state index in [2.05, 4.69) is 15.3 Å². The van der Waals surface area contributed by atoms with Gasteiger partial charge in [0.15, 0.2) is 17.5 Å². The first kappa shape index (κ1) is 26.6. The van der Waals surface area contributed by atoms with Crippen molar-refractivity contribution in [2.24, 2.45) is 0 Å². The van der Waals surface area contributed by atoms with Gasteiger partial charge in [-0.15, -0.1) is 0 Å². The summed E-state index contributed by atoms with van der Waals surface area (Å²) in [4.78, 5) is 35.9. The number of rotatable bonds is 6. The summed E-state index contributed by atoms with van der Waals surface area (Å²) in [6, 6.07) is 4.61. The number of aromatic nitrogens is 3. The van der Waals surface area contributed by atoms with Crippen molar-refractivity contribution in [3.8, 4) is 11.3 Å². The number of nitrogens with one attached hydrogen (secondary N) is 1. The summed E-state index contributed by atoms with van der Waals surface area (Å²) in [7, 11) is 0. The average molecular weight is 554 g/mol. The van der Waals surface area contributed by atoms with E-state index in [4.69, 9.17) is 14.2 Å². The lowest BCUT2D eigenvalue weighted by Crippen LogP contribution is -2.48. The number of carbonyl (C=O) groups is 1. The second kappa shape index (κ2) is 10.1. The standard InChI is InChI=1S/C28H32FN5O6/c1-13(2)34-21-7-16(5-6-18(21)24(35)15(4)22(34)11-33-10-14(3)39-28(33)37)23-19(29)9-30-27(32-23)31-20-8-17-12-38-26(40-17)25(20)36/h5-7,9,13-14,17,20,25-26,36H,8,10-12H2,1-4H3,(H,30,31,32)/t14-,17+,20-,25+,26-/m1/s1. The SMILES string of the molecule is Cc1c(CN2C[C@@H](C)OC2=O)n(C(C)C)c2cc(-c3nc(N[C@@H]4C[C@H]5CO[C@H](O5)[C@H]4O)ncc3F)ccc2c1=O. The van der Waals surface area contributed by atoms with E-state index in [1.807, 2.05) is 25.3 Å². The van der Waals surface area contributed by atoms with Crippen LogP contribution in [0.2, 0.25) is 0 Å². The smallest absolute Gasteiger partial charge is 0.410 e. The zero-order chi connectivity index (χ0) is 28.3. The third kappa shape index (κ3) is 4.59. The van der Waals surface area contributed by atoms with Crippen molar-refractivity contribution in [3.05, 3.63) is 51.7 Å². The summed E-state index contributed by atoms with van der Waals surface area (Å²) >= 11 is 0. The summed E-state index contributed by atoms with van der Waals surface area (Å²) in [5.41, 5.74) is 2.23. The van der Waals surface area contributed by atoms with Crippen LogP contribution in [0.4, 0.5) is 15.1 Å². The number of nitrogens with zero attached hydrogens (tertiary/aromatic N) is 4. The van der Waals surface area contributed by atoms with E-state index < -0.39 is 30.3 Å². The lowest BCUT2D eigenvalue weighted by molar-refractivity contribution is -0.156. The number of amides is 1. The normalized spacial score (nSPS) is 26.1. The summed E-state index contributed by atoms with van der Waals surface area (Å²) in [6.45, 7) is 8.63. The van der Waals surface area contributed by atoms with E-state index in [-0.39, 0.29) is 41.9 Å². The van der Waals surface area contributed by atoms with Crippen LogP contribution in [0.1, 0.15) is 44.5 Å². The summed E-state index contributed by atoms with van der Waals surface area (Å²) < 4.78 is 33.4. The number of halogens is 1. The predicted octanol–water partition coefficient (Wildman–Crippen LogP) is 3.11. The lowest BCUT2D eigenvalue weighted by Gasteiger charge is -2.32. The quantitative estimate of drug-likeness (QED) is 0.473. The number of cyclic esters (lactones) is 1. The molecule has 3 saturated heterocycles. The number of aliphatic hydroxyl groups is 1. The topological polar surface area (TPSA) is 128 Å². The molecule has 2 N–H and O–H groups in total. The van der Waals surface area contributed by atoms with Crippen LogP contribution in [0.3, 0.4) is 0 Å². The van der Waals surface area contributed by atoms with Crippen molar-refractivity contribution < 1.29 is 28.5 Å². The molecular weight excluding hydrogens is 521 g/mol. The Bertz CT molecular complexity index is 1540. The Morgan fingerprint density at radius 2 is 2.08 bits per heavy atom. The molecule has 2 aromatic heterocycles. The Hall–Kier alpha value is -3.61. The fourth-order valence-electron chi connectivity index (χ4n) is 5.83. The molecule has 0 saturated carbocycles. The van der Waals surface area contributed by atoms with E-state index in [0.29, 0.717) is 47.3 Å². The van der Waals surface area contributed by atoms with Crippen LogP contribution in [-0.2, 0) is 20.8 Å². The van der Waals surface area contributed by atoms with Gasteiger partial charge < -0.3 is 29.2 Å². The van der Waals surface area contributed by atoms with Crippen molar-refractivity contribution >= 4 is 22.9 Å². The van der Waals surface area contributed by atoms with Gasteiger partial charge in [0, 0.05) is 28.2 Å². The highest BCUT2D eigenvalue weighted by molar-refractivity contribution is 5.85. The lowest BCUT2D eigenvalue weighted by atomic mass is 10.0. The van der Waals surface area contributed by atoms with Gasteiger partial charge in [0.2, 0.25) is 5.95 Å². The van der Waals surface area contributed by atoms with E-state index in [1.165, 1.54) is 0 Å². The maximum atomic E-state index is 15.1. The molecule has 5 heterocycles. The average Bonchev–Trinajstić information content (AvgIpc) is 3.48. The maximum Gasteiger partial charge on any atom is 0.410 e. The van der Waals surface area contributed by atoms with Gasteiger partial charge in [0.05, 0.1) is 43.6 Å². The summed E-state index contributed by atoms with van der Waals surface area (Å²) in [6.07, 6.45) is -0.837. The molecule has 40 heavy (non-hydrogen) atoms. The molecule has 6 rings (SSSR count). The Kier molecular flexibility index (Phi) is 6.71. The fraction of sp³-hybridized carbons (Fsp3) is 0.500. The Labute approximate surface area is 229 Å². The zero-order valence-corrected chi connectivity index (χ0v) is 22.8. The van der Waals surface area contributed by atoms with E-state index in [1.54, 1.807) is 30.0 Å². The van der Waals surface area contributed by atoms with Crippen LogP contribution < -0.4 is 10.7 Å². The highest BCUT2D eigenvalue weighted by atomic mass is 19.1. The van der Waals surface area contributed by atoms with Gasteiger partial charge in [-0.25, -0.2) is 19.2 Å². The van der Waals surface area contributed by atoms with E-state index in [9.17, 15) is 14.7 Å². The van der Waals surface area contributed by atoms with Gasteiger partial charge in [-0.05, 0) is 46.2 Å². The van der Waals surface area contributed by atoms with Gasteiger partial charge in [0.25, 0.3) is 0 Å². The Morgan fingerprint density at radius 3 is 2.80 bits per heavy atom. The minimum absolute atomic E-state index is 0.0574. The molecule has 12 heteroatoms. The van der Waals surface area contributed by atoms with Crippen molar-refractivity contribution in [1.29, 1.82) is 0 Å². The molecule has 0 spiro atoms. The fourth-order valence-corrected chi connectivity index (χ4v) is 5.83. The second-order valence-corrected chi connectivity index (χ2v) is 11.0. The highest BCUT2D eigenvalue weighted by Crippen LogP contribution is 2.31. The molecule has 0 aliphatic carbocycles. The third-order valence-corrected chi connectivity index (χ3v) is 7.77. The number of ether oxygens (including phenoxy) is 3. The third-order valence-electron chi connectivity index (χ3n) is 7.77. The number of anilines is 1. The first-order valence-electron chi connectivity index (χ1n) is 13.5. The molecular formula is C28H32FN5O6. The summed E-state index contributed by atoms with van der Waals surface area (Å²) in [5.74, 6) is -0.463. The predicted molar refractivity (Wildman–Crippen MR) is 143 cm³/mol. The van der Waals surface area contributed by atoms with Gasteiger partial charge >= 0.3 is 6.09 Å². The monoisotopic (exact) mass is 553 g/mol. The van der Waals surface area contributed by atoms with Crippen molar-refractivity contribution in [2.45, 2.75) is 77.3 Å². The maximum absolute atomic E-state index is 15.1. The molecule has 11 nitrogen and oxygen atoms in total. The number of carbonyl (C=O) groups excluding carboxylic acids is 1. The van der Waals surface area contributed by atoms with Crippen LogP contribution in [0.5, 0.6) is 0 Å². The van der Waals surface area contributed by atoms with Gasteiger partial charge in [-0.3, -0.25) is 9.69 Å². The van der Waals surface area contributed by atoms with Gasteiger partial charge in [-0.1, -0.05) is 6.07 Å². The largest absolute Gasteiger partial charge is 0.444 e. The number of hydrogen-bond acceptors (Lipinski definition) is 9. The molecule has 0 unspecified atom stereocenters. The summed E-state index contributed by atoms with van der Waals surface area (Å²) in [5, 5.41) is 14.2. The van der Waals surface area contributed by atoms with Crippen molar-refractivity contribution in [2.75, 3.05) is 18.5 Å². The van der Waals surface area contributed by atoms with Crippen LogP contribution in [0.25, 0.3) is 22.2 Å². The number of hydrogen-bond donors (Lipinski definition) is 2. The first-order chi connectivity index (χ1) is 19.1. The van der Waals surface area contributed by atoms with Crippen LogP contribution in [-0.4, -0.2) is 74.4 Å². The molecule has 1 amide bonds. The molecule has 3 fully saturated rings. The van der Waals surface area contributed by atoms with Crippen LogP contribution in [0, 0.1) is 12.7 Å². The second-order valence-electron chi connectivity index (χ2n) is 11.0. The van der Waals surface area contributed by atoms with Crippen LogP contribution in [0.15, 0.2) is 29.2 Å². The van der Waals surface area contributed by atoms with Crippen molar-refractivity contribution in [1.82, 2.24) is 19.4 Å². The first-order valence-corrected chi connectivity index (χ1v) is 13.5. The van der Waals surface area contributed by atoms with Gasteiger partial charge in [-0.2, -0.15) is 0 Å².